The number of benzene rings is 2. The van der Waals surface area contributed by atoms with Crippen LogP contribution in [0.4, 0.5) is 0 Å². The highest BCUT2D eigenvalue weighted by atomic mass is 16.2. The van der Waals surface area contributed by atoms with Crippen molar-refractivity contribution >= 4 is 11.8 Å². The molecule has 2 aromatic rings. The standard InChI is InChI=1S/C22H27N3O2/c1-23-21(27)18-10-8-17(9-11-18)14-25(2)15-20(26)24-16-22(12-13-22)19-6-4-3-5-7-19/h3-11H,12-16H2,1-2H3,(H,23,27)(H,24,26). The number of hydrogen-bond donors (Lipinski definition) is 2. The monoisotopic (exact) mass is 365 g/mol. The van der Waals surface area contributed by atoms with Gasteiger partial charge in [0, 0.05) is 31.1 Å². The van der Waals surface area contributed by atoms with E-state index in [9.17, 15) is 9.59 Å². The van der Waals surface area contributed by atoms with Gasteiger partial charge in [-0.2, -0.15) is 0 Å². The van der Waals surface area contributed by atoms with Crippen LogP contribution in [0.2, 0.25) is 0 Å². The summed E-state index contributed by atoms with van der Waals surface area (Å²) < 4.78 is 0. The molecule has 0 saturated heterocycles. The Morgan fingerprint density at radius 3 is 2.30 bits per heavy atom. The van der Waals surface area contributed by atoms with Crippen LogP contribution in [-0.4, -0.2) is 43.9 Å². The molecule has 1 fully saturated rings. The maximum absolute atomic E-state index is 12.3. The third-order valence-electron chi connectivity index (χ3n) is 5.17. The van der Waals surface area contributed by atoms with Crippen molar-refractivity contribution < 1.29 is 9.59 Å². The molecule has 142 valence electrons. The van der Waals surface area contributed by atoms with Gasteiger partial charge in [0.2, 0.25) is 5.91 Å². The van der Waals surface area contributed by atoms with Crippen molar-refractivity contribution in [1.29, 1.82) is 0 Å². The lowest BCUT2D eigenvalue weighted by atomic mass is 9.96. The molecule has 0 radical (unpaired) electrons. The Balaban J connectivity index is 1.46. The van der Waals surface area contributed by atoms with Gasteiger partial charge in [-0.1, -0.05) is 42.5 Å². The van der Waals surface area contributed by atoms with E-state index < -0.39 is 0 Å². The number of carbonyl (C=O) groups is 2. The van der Waals surface area contributed by atoms with E-state index in [-0.39, 0.29) is 17.2 Å². The molecular weight excluding hydrogens is 338 g/mol. The highest BCUT2D eigenvalue weighted by molar-refractivity contribution is 5.93. The van der Waals surface area contributed by atoms with Crippen LogP contribution in [0.1, 0.15) is 34.3 Å². The van der Waals surface area contributed by atoms with Gasteiger partial charge < -0.3 is 10.6 Å². The third-order valence-corrected chi connectivity index (χ3v) is 5.17. The van der Waals surface area contributed by atoms with Crippen molar-refractivity contribution in [1.82, 2.24) is 15.5 Å². The molecule has 0 heterocycles. The van der Waals surface area contributed by atoms with Crippen LogP contribution in [0.5, 0.6) is 0 Å². The molecule has 3 rings (SSSR count). The van der Waals surface area contributed by atoms with E-state index in [0.717, 1.165) is 18.4 Å². The van der Waals surface area contributed by atoms with E-state index in [2.05, 4.69) is 34.9 Å². The van der Waals surface area contributed by atoms with Crippen molar-refractivity contribution in [2.24, 2.45) is 0 Å². The summed E-state index contributed by atoms with van der Waals surface area (Å²) in [5.41, 5.74) is 3.15. The number of carbonyl (C=O) groups excluding carboxylic acids is 2. The topological polar surface area (TPSA) is 61.4 Å². The summed E-state index contributed by atoms with van der Waals surface area (Å²) in [7, 11) is 3.54. The molecule has 27 heavy (non-hydrogen) atoms. The number of nitrogens with one attached hydrogen (secondary N) is 2. The van der Waals surface area contributed by atoms with Gasteiger partial charge in [0.05, 0.1) is 6.54 Å². The third kappa shape index (κ3) is 4.95. The predicted octanol–water partition coefficient (Wildman–Crippen LogP) is 2.33. The molecular formula is C22H27N3O2. The molecule has 1 saturated carbocycles. The lowest BCUT2D eigenvalue weighted by Crippen LogP contribution is -2.38. The van der Waals surface area contributed by atoms with E-state index in [1.807, 2.05) is 30.1 Å². The summed E-state index contributed by atoms with van der Waals surface area (Å²) in [5, 5.41) is 5.71. The van der Waals surface area contributed by atoms with E-state index in [1.165, 1.54) is 5.56 Å². The van der Waals surface area contributed by atoms with Gasteiger partial charge in [-0.3, -0.25) is 14.5 Å². The Kier molecular flexibility index (Phi) is 5.91. The van der Waals surface area contributed by atoms with Gasteiger partial charge in [-0.05, 0) is 43.1 Å². The molecule has 0 atom stereocenters. The number of nitrogens with zero attached hydrogens (tertiary/aromatic N) is 1. The molecule has 5 nitrogen and oxygen atoms in total. The first kappa shape index (κ1) is 19.1. The average molecular weight is 365 g/mol. The van der Waals surface area contributed by atoms with E-state index in [0.29, 0.717) is 25.2 Å². The van der Waals surface area contributed by atoms with Crippen LogP contribution >= 0.6 is 0 Å². The van der Waals surface area contributed by atoms with Crippen LogP contribution in [0.15, 0.2) is 54.6 Å². The Labute approximate surface area is 160 Å². The van der Waals surface area contributed by atoms with Crippen LogP contribution in [0.25, 0.3) is 0 Å². The largest absolute Gasteiger partial charge is 0.355 e. The average Bonchev–Trinajstić information content (AvgIpc) is 3.48. The van der Waals surface area contributed by atoms with Gasteiger partial charge in [0.15, 0.2) is 0 Å². The van der Waals surface area contributed by atoms with Crippen molar-refractivity contribution in [3.8, 4) is 0 Å². The predicted molar refractivity (Wildman–Crippen MR) is 107 cm³/mol. The van der Waals surface area contributed by atoms with Gasteiger partial charge in [0.25, 0.3) is 5.91 Å². The molecule has 0 bridgehead atoms. The molecule has 0 aliphatic heterocycles. The van der Waals surface area contributed by atoms with Gasteiger partial charge in [0.1, 0.15) is 0 Å². The maximum atomic E-state index is 12.3. The summed E-state index contributed by atoms with van der Waals surface area (Å²) in [5.74, 6) is -0.0524. The second-order valence-electron chi connectivity index (χ2n) is 7.37. The van der Waals surface area contributed by atoms with Crippen LogP contribution in [0.3, 0.4) is 0 Å². The van der Waals surface area contributed by atoms with Crippen molar-refractivity contribution in [2.75, 3.05) is 27.2 Å². The Hall–Kier alpha value is -2.66. The number of likely N-dealkylation sites (N-methyl/N-ethyl adjacent to an activating group) is 1. The number of hydrogen-bond acceptors (Lipinski definition) is 3. The first-order valence-corrected chi connectivity index (χ1v) is 9.34. The zero-order valence-electron chi connectivity index (χ0n) is 16.0. The fourth-order valence-electron chi connectivity index (χ4n) is 3.35. The summed E-state index contributed by atoms with van der Waals surface area (Å²) in [6.45, 7) is 1.71. The lowest BCUT2D eigenvalue weighted by Gasteiger charge is -2.19. The second-order valence-corrected chi connectivity index (χ2v) is 7.37. The molecule has 0 aromatic heterocycles. The van der Waals surface area contributed by atoms with E-state index in [1.54, 1.807) is 19.2 Å². The SMILES string of the molecule is CNC(=O)c1ccc(CN(C)CC(=O)NCC2(c3ccccc3)CC2)cc1. The fraction of sp³-hybridized carbons (Fsp3) is 0.364. The van der Waals surface area contributed by atoms with Crippen molar-refractivity contribution in [3.05, 3.63) is 71.3 Å². The molecule has 1 aliphatic rings. The minimum atomic E-state index is -0.0956. The molecule has 2 aromatic carbocycles. The quantitative estimate of drug-likeness (QED) is 0.755. The second kappa shape index (κ2) is 8.35. The van der Waals surface area contributed by atoms with Crippen molar-refractivity contribution in [3.63, 3.8) is 0 Å². The number of rotatable bonds is 8. The van der Waals surface area contributed by atoms with Crippen LogP contribution in [0, 0.1) is 0 Å². The highest BCUT2D eigenvalue weighted by Gasteiger charge is 2.44. The van der Waals surface area contributed by atoms with E-state index in [4.69, 9.17) is 0 Å². The van der Waals surface area contributed by atoms with Crippen molar-refractivity contribution in [2.45, 2.75) is 24.8 Å². The van der Waals surface area contributed by atoms with E-state index >= 15 is 0 Å². The van der Waals surface area contributed by atoms with Gasteiger partial charge in [-0.15, -0.1) is 0 Å². The van der Waals surface area contributed by atoms with Crippen LogP contribution < -0.4 is 10.6 Å². The lowest BCUT2D eigenvalue weighted by molar-refractivity contribution is -0.122. The number of amides is 2. The van der Waals surface area contributed by atoms with Gasteiger partial charge in [-0.25, -0.2) is 0 Å². The minimum absolute atomic E-state index is 0.0432. The summed E-state index contributed by atoms with van der Waals surface area (Å²) in [6, 6.07) is 17.9. The summed E-state index contributed by atoms with van der Waals surface area (Å²) in [6.07, 6.45) is 2.26. The first-order valence-electron chi connectivity index (χ1n) is 9.34. The van der Waals surface area contributed by atoms with Crippen LogP contribution in [-0.2, 0) is 16.8 Å². The first-order chi connectivity index (χ1) is 13.0. The Bertz CT molecular complexity index is 783. The maximum Gasteiger partial charge on any atom is 0.251 e. The highest BCUT2D eigenvalue weighted by Crippen LogP contribution is 2.47. The normalized spacial score (nSPS) is 14.6. The smallest absolute Gasteiger partial charge is 0.251 e. The zero-order chi connectivity index (χ0) is 19.3. The molecule has 1 aliphatic carbocycles. The Morgan fingerprint density at radius 1 is 1.04 bits per heavy atom. The summed E-state index contributed by atoms with van der Waals surface area (Å²) in [4.78, 5) is 25.9. The fourth-order valence-corrected chi connectivity index (χ4v) is 3.35. The zero-order valence-corrected chi connectivity index (χ0v) is 16.0. The Morgan fingerprint density at radius 2 is 1.70 bits per heavy atom. The molecule has 5 heteroatoms. The molecule has 0 spiro atoms. The molecule has 2 amide bonds. The molecule has 0 unspecified atom stereocenters. The molecule has 2 N–H and O–H groups in total. The minimum Gasteiger partial charge on any atom is -0.355 e. The van der Waals surface area contributed by atoms with Gasteiger partial charge >= 0.3 is 0 Å². The summed E-state index contributed by atoms with van der Waals surface area (Å²) >= 11 is 0.